The molecule has 20 heavy (non-hydrogen) atoms. The van der Waals surface area contributed by atoms with Gasteiger partial charge in [-0.3, -0.25) is 4.79 Å². The number of halogens is 2. The van der Waals surface area contributed by atoms with Crippen LogP contribution in [-0.2, 0) is 0 Å². The van der Waals surface area contributed by atoms with Crippen molar-refractivity contribution in [1.82, 2.24) is 4.90 Å². The molecule has 2 fully saturated rings. The Morgan fingerprint density at radius 1 is 1.20 bits per heavy atom. The van der Waals surface area contributed by atoms with Crippen molar-refractivity contribution >= 4 is 29.1 Å². The summed E-state index contributed by atoms with van der Waals surface area (Å²) in [6.07, 6.45) is 3.23. The maximum atomic E-state index is 12.6. The highest BCUT2D eigenvalue weighted by atomic mass is 35.5. The quantitative estimate of drug-likeness (QED) is 0.865. The van der Waals surface area contributed by atoms with Gasteiger partial charge in [0.2, 0.25) is 0 Å². The number of nitrogens with zero attached hydrogens (tertiary/aromatic N) is 1. The minimum atomic E-state index is 0.00892. The number of fused-ring (bicyclic) bond motifs is 1. The second kappa shape index (κ2) is 5.55. The van der Waals surface area contributed by atoms with Crippen molar-refractivity contribution in [2.24, 2.45) is 17.6 Å². The van der Waals surface area contributed by atoms with Gasteiger partial charge in [0, 0.05) is 24.2 Å². The lowest BCUT2D eigenvalue weighted by molar-refractivity contribution is 0.0784. The Morgan fingerprint density at radius 2 is 1.95 bits per heavy atom. The van der Waals surface area contributed by atoms with Crippen LogP contribution in [0.25, 0.3) is 0 Å². The second-order valence-electron chi connectivity index (χ2n) is 5.93. The Labute approximate surface area is 129 Å². The molecule has 0 spiro atoms. The highest BCUT2D eigenvalue weighted by molar-refractivity contribution is 6.36. The predicted octanol–water partition coefficient (Wildman–Crippen LogP) is 3.19. The van der Waals surface area contributed by atoms with E-state index < -0.39 is 0 Å². The molecule has 2 N–H and O–H groups in total. The van der Waals surface area contributed by atoms with Crippen LogP contribution in [0.2, 0.25) is 10.0 Å². The predicted molar refractivity (Wildman–Crippen MR) is 81.2 cm³/mol. The van der Waals surface area contributed by atoms with Gasteiger partial charge < -0.3 is 10.6 Å². The summed E-state index contributed by atoms with van der Waals surface area (Å²) < 4.78 is 0. The van der Waals surface area contributed by atoms with Gasteiger partial charge >= 0.3 is 0 Å². The first-order valence-corrected chi connectivity index (χ1v) is 7.80. The monoisotopic (exact) mass is 312 g/mol. The molecule has 1 saturated carbocycles. The Bertz CT molecular complexity index is 535. The van der Waals surface area contributed by atoms with Crippen LogP contribution in [0, 0.1) is 11.8 Å². The summed E-state index contributed by atoms with van der Waals surface area (Å²) in [5.41, 5.74) is 6.57. The molecule has 5 heteroatoms. The van der Waals surface area contributed by atoms with E-state index in [0.29, 0.717) is 33.5 Å². The summed E-state index contributed by atoms with van der Waals surface area (Å²) in [6.45, 7) is 1.63. The normalized spacial score (nSPS) is 29.4. The molecule has 3 atom stereocenters. The fraction of sp³-hybridized carbons (Fsp3) is 0.533. The summed E-state index contributed by atoms with van der Waals surface area (Å²) >= 11 is 12.0. The Balaban J connectivity index is 1.75. The van der Waals surface area contributed by atoms with Crippen LogP contribution in [0.15, 0.2) is 18.2 Å². The van der Waals surface area contributed by atoms with Gasteiger partial charge in [-0.2, -0.15) is 0 Å². The van der Waals surface area contributed by atoms with Gasteiger partial charge in [0.05, 0.1) is 10.6 Å². The molecule has 1 unspecified atom stereocenters. The SMILES string of the molecule is NC1CC[C@@H]2CN(C(=O)c3ccc(Cl)cc3Cl)C[C@@H]2C1. The van der Waals surface area contributed by atoms with E-state index in [1.165, 1.54) is 0 Å². The molecule has 0 radical (unpaired) electrons. The molecule has 1 heterocycles. The van der Waals surface area contributed by atoms with Gasteiger partial charge in [-0.15, -0.1) is 0 Å². The van der Waals surface area contributed by atoms with Crippen molar-refractivity contribution in [3.8, 4) is 0 Å². The Kier molecular flexibility index (Phi) is 3.93. The van der Waals surface area contributed by atoms with Crippen molar-refractivity contribution in [3.05, 3.63) is 33.8 Å². The molecule has 108 valence electrons. The Hall–Kier alpha value is -0.770. The van der Waals surface area contributed by atoms with E-state index >= 15 is 0 Å². The van der Waals surface area contributed by atoms with Crippen LogP contribution >= 0.6 is 23.2 Å². The lowest BCUT2D eigenvalue weighted by atomic mass is 9.79. The molecule has 0 bridgehead atoms. The van der Waals surface area contributed by atoms with Crippen LogP contribution in [0.1, 0.15) is 29.6 Å². The van der Waals surface area contributed by atoms with Crippen molar-refractivity contribution in [1.29, 1.82) is 0 Å². The van der Waals surface area contributed by atoms with E-state index in [1.54, 1.807) is 18.2 Å². The van der Waals surface area contributed by atoms with Crippen LogP contribution in [0.3, 0.4) is 0 Å². The van der Waals surface area contributed by atoms with E-state index in [2.05, 4.69) is 0 Å². The number of hydrogen-bond acceptors (Lipinski definition) is 2. The zero-order valence-corrected chi connectivity index (χ0v) is 12.7. The number of hydrogen-bond donors (Lipinski definition) is 1. The highest BCUT2D eigenvalue weighted by Crippen LogP contribution is 2.36. The molecular formula is C15H18Cl2N2O. The second-order valence-corrected chi connectivity index (χ2v) is 6.77. The van der Waals surface area contributed by atoms with Crippen molar-refractivity contribution in [2.45, 2.75) is 25.3 Å². The van der Waals surface area contributed by atoms with Crippen LogP contribution in [0.4, 0.5) is 0 Å². The number of carbonyl (C=O) groups is 1. The lowest BCUT2D eigenvalue weighted by Gasteiger charge is -2.27. The number of nitrogens with two attached hydrogens (primary N) is 1. The topological polar surface area (TPSA) is 46.3 Å². The van der Waals surface area contributed by atoms with Gasteiger partial charge in [0.1, 0.15) is 0 Å². The van der Waals surface area contributed by atoms with Gasteiger partial charge in [-0.1, -0.05) is 23.2 Å². The fourth-order valence-electron chi connectivity index (χ4n) is 3.47. The third kappa shape index (κ3) is 2.67. The Morgan fingerprint density at radius 3 is 2.70 bits per heavy atom. The largest absolute Gasteiger partial charge is 0.338 e. The van der Waals surface area contributed by atoms with E-state index in [0.717, 1.165) is 32.4 Å². The molecule has 1 aliphatic heterocycles. The molecule has 1 aromatic carbocycles. The molecule has 1 saturated heterocycles. The van der Waals surface area contributed by atoms with Gasteiger partial charge in [0.25, 0.3) is 5.91 Å². The molecule has 3 rings (SSSR count). The number of carbonyl (C=O) groups excluding carboxylic acids is 1. The first-order chi connectivity index (χ1) is 9.54. The average Bonchev–Trinajstić information content (AvgIpc) is 2.81. The minimum absolute atomic E-state index is 0.00892. The molecular weight excluding hydrogens is 295 g/mol. The number of likely N-dealkylation sites (tertiary alicyclic amines) is 1. The van der Waals surface area contributed by atoms with Gasteiger partial charge in [0.15, 0.2) is 0 Å². The molecule has 0 aromatic heterocycles. The minimum Gasteiger partial charge on any atom is -0.338 e. The van der Waals surface area contributed by atoms with Gasteiger partial charge in [-0.05, 0) is 49.3 Å². The van der Waals surface area contributed by atoms with Crippen molar-refractivity contribution in [3.63, 3.8) is 0 Å². The zero-order chi connectivity index (χ0) is 14.3. The maximum absolute atomic E-state index is 12.6. The molecule has 1 amide bonds. The summed E-state index contributed by atoms with van der Waals surface area (Å²) in [5.74, 6) is 1.16. The maximum Gasteiger partial charge on any atom is 0.255 e. The van der Waals surface area contributed by atoms with Crippen molar-refractivity contribution in [2.75, 3.05) is 13.1 Å². The standard InChI is InChI=1S/C15H18Cl2N2O/c16-11-2-4-13(14(17)6-11)15(20)19-7-9-1-3-12(18)5-10(9)8-19/h2,4,6,9-10,12H,1,3,5,7-8,18H2/t9-,10+,12?/m1/s1. The molecule has 1 aromatic rings. The van der Waals surface area contributed by atoms with Crippen molar-refractivity contribution < 1.29 is 4.79 Å². The number of benzene rings is 1. The first kappa shape index (κ1) is 14.2. The van der Waals surface area contributed by atoms with Crippen LogP contribution in [-0.4, -0.2) is 29.9 Å². The smallest absolute Gasteiger partial charge is 0.255 e. The van der Waals surface area contributed by atoms with E-state index in [-0.39, 0.29) is 5.91 Å². The summed E-state index contributed by atoms with van der Waals surface area (Å²) in [7, 11) is 0. The third-order valence-corrected chi connectivity index (χ3v) is 5.09. The summed E-state index contributed by atoms with van der Waals surface area (Å²) in [6, 6.07) is 5.33. The van der Waals surface area contributed by atoms with E-state index in [4.69, 9.17) is 28.9 Å². The lowest BCUT2D eigenvalue weighted by Crippen LogP contribution is -2.32. The third-order valence-electron chi connectivity index (χ3n) is 4.54. The number of amides is 1. The molecule has 1 aliphatic carbocycles. The zero-order valence-electron chi connectivity index (χ0n) is 11.2. The van der Waals surface area contributed by atoms with Crippen LogP contribution in [0.5, 0.6) is 0 Å². The van der Waals surface area contributed by atoms with Gasteiger partial charge in [-0.25, -0.2) is 0 Å². The van der Waals surface area contributed by atoms with E-state index in [1.807, 2.05) is 4.90 Å². The highest BCUT2D eigenvalue weighted by Gasteiger charge is 2.38. The summed E-state index contributed by atoms with van der Waals surface area (Å²) in [4.78, 5) is 14.5. The molecule has 2 aliphatic rings. The van der Waals surface area contributed by atoms with Crippen LogP contribution < -0.4 is 5.73 Å². The summed E-state index contributed by atoms with van der Waals surface area (Å²) in [5, 5.41) is 0.974. The first-order valence-electron chi connectivity index (χ1n) is 7.04. The van der Waals surface area contributed by atoms with E-state index in [9.17, 15) is 4.79 Å². The molecule has 3 nitrogen and oxygen atoms in total. The average molecular weight is 313 g/mol. The number of rotatable bonds is 1. The fourth-order valence-corrected chi connectivity index (χ4v) is 3.96.